The molecule has 0 aliphatic carbocycles. The average Bonchev–Trinajstić information content (AvgIpc) is 3.15. The van der Waals surface area contributed by atoms with Gasteiger partial charge in [0.15, 0.2) is 17.5 Å². The molecule has 1 aliphatic rings. The lowest BCUT2D eigenvalue weighted by atomic mass is 10.1. The van der Waals surface area contributed by atoms with Crippen LogP contribution in [-0.4, -0.2) is 28.5 Å². The number of ether oxygens (including phenoxy) is 1. The molecule has 1 amide bonds. The van der Waals surface area contributed by atoms with Gasteiger partial charge in [0.05, 0.1) is 18.5 Å². The first kappa shape index (κ1) is 20.2. The number of halogens is 4. The molecule has 1 atom stereocenters. The van der Waals surface area contributed by atoms with Gasteiger partial charge >= 0.3 is 0 Å². The molecule has 1 unspecified atom stereocenters. The fraction of sp³-hybridized carbons (Fsp3) is 0.190. The van der Waals surface area contributed by atoms with E-state index in [1.54, 1.807) is 30.6 Å². The second-order valence-corrected chi connectivity index (χ2v) is 7.20. The fourth-order valence-electron chi connectivity index (χ4n) is 3.29. The van der Waals surface area contributed by atoms with Crippen LogP contribution in [0.15, 0.2) is 42.7 Å². The molecule has 1 N–H and O–H groups in total. The Balaban J connectivity index is 1.44. The highest BCUT2D eigenvalue weighted by molar-refractivity contribution is 6.31. The Hall–Kier alpha value is -3.13. The predicted molar refractivity (Wildman–Crippen MR) is 104 cm³/mol. The van der Waals surface area contributed by atoms with E-state index in [4.69, 9.17) is 16.3 Å². The Labute approximate surface area is 174 Å². The number of fused-ring (bicyclic) bond motifs is 1. The fourth-order valence-corrected chi connectivity index (χ4v) is 3.54. The highest BCUT2D eigenvalue weighted by Gasteiger charge is 2.28. The average molecular weight is 434 g/mol. The number of benzene rings is 2. The summed E-state index contributed by atoms with van der Waals surface area (Å²) in [6.07, 6.45) is 2.65. The lowest BCUT2D eigenvalue weighted by Crippen LogP contribution is -2.35. The van der Waals surface area contributed by atoms with Crippen molar-refractivity contribution in [3.05, 3.63) is 76.3 Å². The van der Waals surface area contributed by atoms with Gasteiger partial charge in [0.1, 0.15) is 17.7 Å². The topological polar surface area (TPSA) is 64.1 Å². The third-order valence-electron chi connectivity index (χ3n) is 4.67. The molecule has 1 aromatic heterocycles. The van der Waals surface area contributed by atoms with Crippen LogP contribution in [0, 0.1) is 17.5 Å². The molecule has 2 aromatic carbocycles. The first-order valence-electron chi connectivity index (χ1n) is 9.08. The van der Waals surface area contributed by atoms with Gasteiger partial charge in [-0.2, -0.15) is 0 Å². The Morgan fingerprint density at radius 3 is 2.67 bits per heavy atom. The standard InChI is InChI=1S/C21H15ClF3N3O2/c22-12-6-11-7-13(30-20(11)15(8-12)21-26-4-1-5-27-21)10-28-18(29)9-14-16(23)2-3-17(24)19(14)25/h1-6,8,13H,7,9-10H2,(H,28,29). The zero-order valence-electron chi connectivity index (χ0n) is 15.5. The Bertz CT molecular complexity index is 1110. The van der Waals surface area contributed by atoms with E-state index < -0.39 is 41.4 Å². The van der Waals surface area contributed by atoms with E-state index in [1.165, 1.54) is 0 Å². The number of carbonyl (C=O) groups excluding carboxylic acids is 1. The number of rotatable bonds is 5. The van der Waals surface area contributed by atoms with E-state index in [-0.39, 0.29) is 6.54 Å². The summed E-state index contributed by atoms with van der Waals surface area (Å²) in [7, 11) is 0. The van der Waals surface area contributed by atoms with Crippen LogP contribution < -0.4 is 10.1 Å². The van der Waals surface area contributed by atoms with Crippen LogP contribution in [0.1, 0.15) is 11.1 Å². The molecule has 0 fully saturated rings. The van der Waals surface area contributed by atoms with Crippen molar-refractivity contribution in [1.82, 2.24) is 15.3 Å². The summed E-state index contributed by atoms with van der Waals surface area (Å²) < 4.78 is 46.7. The maximum atomic E-state index is 13.7. The van der Waals surface area contributed by atoms with Crippen molar-refractivity contribution in [3.8, 4) is 17.1 Å². The third kappa shape index (κ3) is 4.09. The van der Waals surface area contributed by atoms with Gasteiger partial charge in [-0.05, 0) is 30.3 Å². The first-order valence-corrected chi connectivity index (χ1v) is 9.45. The normalized spacial score (nSPS) is 14.9. The largest absolute Gasteiger partial charge is 0.487 e. The van der Waals surface area contributed by atoms with Crippen molar-refractivity contribution >= 4 is 17.5 Å². The summed E-state index contributed by atoms with van der Waals surface area (Å²) in [5.74, 6) is -3.17. The molecule has 9 heteroatoms. The molecule has 0 bridgehead atoms. The number of nitrogens with one attached hydrogen (secondary N) is 1. The summed E-state index contributed by atoms with van der Waals surface area (Å²) in [4.78, 5) is 20.6. The van der Waals surface area contributed by atoms with E-state index >= 15 is 0 Å². The molecule has 0 saturated carbocycles. The van der Waals surface area contributed by atoms with Gasteiger partial charge in [0.2, 0.25) is 5.91 Å². The van der Waals surface area contributed by atoms with E-state index in [0.717, 1.165) is 11.6 Å². The zero-order chi connectivity index (χ0) is 21.3. The summed E-state index contributed by atoms with van der Waals surface area (Å²) in [5, 5.41) is 3.07. The van der Waals surface area contributed by atoms with E-state index in [1.807, 2.05) is 0 Å². The minimum Gasteiger partial charge on any atom is -0.487 e. The van der Waals surface area contributed by atoms with E-state index in [9.17, 15) is 18.0 Å². The minimum atomic E-state index is -1.36. The number of hydrogen-bond acceptors (Lipinski definition) is 4. The van der Waals surface area contributed by atoms with Gasteiger partial charge in [0.25, 0.3) is 0 Å². The van der Waals surface area contributed by atoms with Crippen LogP contribution in [0.3, 0.4) is 0 Å². The molecule has 154 valence electrons. The molecule has 0 saturated heterocycles. The molecule has 5 nitrogen and oxygen atoms in total. The predicted octanol–water partition coefficient (Wildman–Crippen LogP) is 3.88. The SMILES string of the molecule is O=C(Cc1c(F)ccc(F)c1F)NCC1Cc2cc(Cl)cc(-c3ncccn3)c2O1. The van der Waals surface area contributed by atoms with Crippen molar-refractivity contribution in [2.24, 2.45) is 0 Å². The molecule has 2 heterocycles. The molecule has 1 aliphatic heterocycles. The summed E-state index contributed by atoms with van der Waals surface area (Å²) in [5.41, 5.74) is 0.862. The van der Waals surface area contributed by atoms with Crippen LogP contribution in [0.25, 0.3) is 11.4 Å². The van der Waals surface area contributed by atoms with Crippen LogP contribution in [0.5, 0.6) is 5.75 Å². The number of amides is 1. The highest BCUT2D eigenvalue weighted by Crippen LogP contribution is 2.39. The Kier molecular flexibility index (Phi) is 5.59. The molecule has 30 heavy (non-hydrogen) atoms. The minimum absolute atomic E-state index is 0.0960. The van der Waals surface area contributed by atoms with Gasteiger partial charge in [-0.25, -0.2) is 23.1 Å². The van der Waals surface area contributed by atoms with Crippen LogP contribution in [0.2, 0.25) is 5.02 Å². The maximum Gasteiger partial charge on any atom is 0.224 e. The summed E-state index contributed by atoms with van der Waals surface area (Å²) in [6.45, 7) is 0.0960. The van der Waals surface area contributed by atoms with Gasteiger partial charge in [-0.15, -0.1) is 0 Å². The van der Waals surface area contributed by atoms with Gasteiger partial charge < -0.3 is 10.1 Å². The maximum absolute atomic E-state index is 13.7. The Morgan fingerprint density at radius 1 is 1.17 bits per heavy atom. The van der Waals surface area contributed by atoms with Crippen molar-refractivity contribution in [2.75, 3.05) is 6.54 Å². The van der Waals surface area contributed by atoms with Gasteiger partial charge in [-0.1, -0.05) is 11.6 Å². The second-order valence-electron chi connectivity index (χ2n) is 6.76. The monoisotopic (exact) mass is 433 g/mol. The second kappa shape index (κ2) is 8.31. The number of hydrogen-bond donors (Lipinski definition) is 1. The van der Waals surface area contributed by atoms with E-state index in [2.05, 4.69) is 15.3 Å². The van der Waals surface area contributed by atoms with Crippen molar-refractivity contribution in [1.29, 1.82) is 0 Å². The molecule has 3 aromatic rings. The Morgan fingerprint density at radius 2 is 1.90 bits per heavy atom. The lowest BCUT2D eigenvalue weighted by molar-refractivity contribution is -0.120. The first-order chi connectivity index (χ1) is 14.4. The van der Waals surface area contributed by atoms with Gasteiger partial charge in [0, 0.05) is 35.0 Å². The zero-order valence-corrected chi connectivity index (χ0v) is 16.2. The lowest BCUT2D eigenvalue weighted by Gasteiger charge is -2.13. The highest BCUT2D eigenvalue weighted by atomic mass is 35.5. The van der Waals surface area contributed by atoms with E-state index in [0.29, 0.717) is 34.6 Å². The number of carbonyl (C=O) groups is 1. The third-order valence-corrected chi connectivity index (χ3v) is 4.89. The molecular formula is C21H15ClF3N3O2. The van der Waals surface area contributed by atoms with Gasteiger partial charge in [-0.3, -0.25) is 4.79 Å². The molecular weight excluding hydrogens is 419 g/mol. The van der Waals surface area contributed by atoms with Crippen LogP contribution in [-0.2, 0) is 17.6 Å². The van der Waals surface area contributed by atoms with Crippen molar-refractivity contribution in [2.45, 2.75) is 18.9 Å². The molecule has 0 radical (unpaired) electrons. The smallest absolute Gasteiger partial charge is 0.224 e. The molecule has 4 rings (SSSR count). The van der Waals surface area contributed by atoms with Crippen LogP contribution in [0.4, 0.5) is 13.2 Å². The number of aromatic nitrogens is 2. The summed E-state index contributed by atoms with van der Waals surface area (Å²) in [6, 6.07) is 6.62. The summed E-state index contributed by atoms with van der Waals surface area (Å²) >= 11 is 6.20. The van der Waals surface area contributed by atoms with Crippen LogP contribution >= 0.6 is 11.6 Å². The van der Waals surface area contributed by atoms with Crippen molar-refractivity contribution < 1.29 is 22.7 Å². The van der Waals surface area contributed by atoms with Crippen molar-refractivity contribution in [3.63, 3.8) is 0 Å². The number of nitrogens with zero attached hydrogens (tertiary/aromatic N) is 2. The quantitative estimate of drug-likeness (QED) is 0.620. The molecule has 0 spiro atoms.